The third kappa shape index (κ3) is 4.50. The van der Waals surface area contributed by atoms with E-state index in [1.165, 1.54) is 18.2 Å². The molecule has 3 aliphatic rings. The van der Waals surface area contributed by atoms with Gasteiger partial charge in [0.05, 0.1) is 16.7 Å². The molecule has 0 saturated heterocycles. The third-order valence-electron chi connectivity index (χ3n) is 7.51. The summed E-state index contributed by atoms with van der Waals surface area (Å²) in [7, 11) is 0. The number of thiazole rings is 3. The Kier molecular flexibility index (Phi) is 7.67. The number of nitriles is 3. The summed E-state index contributed by atoms with van der Waals surface area (Å²) < 4.78 is 182. The lowest BCUT2D eigenvalue weighted by Gasteiger charge is -2.01. The summed E-state index contributed by atoms with van der Waals surface area (Å²) in [6, 6.07) is 3.76. The molecule has 3 aliphatic carbocycles. The van der Waals surface area contributed by atoms with E-state index in [1.54, 1.807) is 0 Å². The first-order chi connectivity index (χ1) is 24.2. The smallest absolute Gasteiger partial charge is 0.205 e. The van der Waals surface area contributed by atoms with Crippen LogP contribution in [0.1, 0.15) is 15.0 Å². The summed E-state index contributed by atoms with van der Waals surface area (Å²) >= 11 is -0.647. The maximum absolute atomic E-state index is 16.5. The highest BCUT2D eigenvalue weighted by Crippen LogP contribution is 2.39. The first kappa shape index (κ1) is 33.7. The molecule has 6 nitrogen and oxygen atoms in total. The predicted molar refractivity (Wildman–Crippen MR) is 155 cm³/mol. The molecule has 4 aromatic rings. The maximum Gasteiger partial charge on any atom is 0.260 e. The number of hydrogen-bond acceptors (Lipinski definition) is 9. The van der Waals surface area contributed by atoms with E-state index in [0.717, 1.165) is 0 Å². The van der Waals surface area contributed by atoms with Gasteiger partial charge in [0, 0.05) is 31.3 Å². The zero-order chi connectivity index (χ0) is 37.0. The molecule has 1 aromatic carbocycles. The topological polar surface area (TPSA) is 110 Å². The van der Waals surface area contributed by atoms with Crippen LogP contribution in [-0.4, -0.2) is 15.0 Å². The van der Waals surface area contributed by atoms with E-state index >= 15 is 26.3 Å². The van der Waals surface area contributed by atoms with E-state index < -0.39 is 148 Å². The minimum absolute atomic E-state index is 0.216. The number of aromatic nitrogens is 3. The van der Waals surface area contributed by atoms with E-state index in [1.807, 2.05) is 0 Å². The molecule has 7 rings (SSSR count). The van der Waals surface area contributed by atoms with E-state index in [-0.39, 0.29) is 34.0 Å². The minimum atomic E-state index is -2.02. The molecule has 0 fully saturated rings. The molecule has 3 aromatic heterocycles. The molecule has 51 heavy (non-hydrogen) atoms. The van der Waals surface area contributed by atoms with Crippen LogP contribution in [0, 0.1) is 67.2 Å². The number of hydrogen-bond donors (Lipinski definition) is 0. The number of nitrogens with zero attached hydrogens (tertiary/aromatic N) is 6. The van der Waals surface area contributed by atoms with Crippen molar-refractivity contribution in [3.05, 3.63) is 96.3 Å². The van der Waals surface area contributed by atoms with Gasteiger partial charge in [-0.25, -0.2) is 41.3 Å². The van der Waals surface area contributed by atoms with Crippen LogP contribution in [0.25, 0.3) is 51.7 Å². The number of benzene rings is 1. The quantitative estimate of drug-likeness (QED) is 0.227. The van der Waals surface area contributed by atoms with Gasteiger partial charge in [-0.3, -0.25) is 0 Å². The fourth-order valence-corrected chi connectivity index (χ4v) is 7.59. The van der Waals surface area contributed by atoms with Crippen LogP contribution in [0.4, 0.5) is 52.7 Å². The lowest BCUT2D eigenvalue weighted by atomic mass is 10.1. The molecule has 21 heteroatoms. The van der Waals surface area contributed by atoms with Crippen LogP contribution in [0.2, 0.25) is 0 Å². The van der Waals surface area contributed by atoms with Crippen molar-refractivity contribution in [2.45, 2.75) is 0 Å². The monoisotopic (exact) mass is 768 g/mol. The van der Waals surface area contributed by atoms with Gasteiger partial charge in [0.2, 0.25) is 15.4 Å². The van der Waals surface area contributed by atoms with Gasteiger partial charge in [-0.15, -0.1) is 0 Å². The van der Waals surface area contributed by atoms with Crippen molar-refractivity contribution >= 4 is 85.7 Å². The zero-order valence-electron chi connectivity index (χ0n) is 23.4. The SMILES string of the molecule is N#CC(=C1C(F)=c2c3c(c4c(c2=C1F)=C(F)C(=C(C#N)c1nc(F)c(F)s1)C=4F)=C(F)C(=C(C#N)c1nc(F)c(F)s1)C=3F)c1nc(F)c(F)s1. The highest BCUT2D eigenvalue weighted by Gasteiger charge is 2.38. The summed E-state index contributed by atoms with van der Waals surface area (Å²) in [4.78, 5) is 9.19. The van der Waals surface area contributed by atoms with Gasteiger partial charge in [0.15, 0.2) is 0 Å². The predicted octanol–water partition coefficient (Wildman–Crippen LogP) is 4.33. The second-order valence-electron chi connectivity index (χ2n) is 9.97. The van der Waals surface area contributed by atoms with Crippen LogP contribution < -0.4 is 31.3 Å². The second kappa shape index (κ2) is 11.6. The number of fused-ring (bicyclic) bond motifs is 6. The first-order valence-electron chi connectivity index (χ1n) is 13.0. The molecule has 0 N–H and O–H groups in total. The standard InChI is InChI=1S/C30F12N6S3/c31-16-7(4(1-43)28-46-22(37)25(40)49-28)17(32)11-10(16)12-14(20(35)8(18(12)33)5(2-44)29-47-23(38)26(41)50-29)15-13(11)19(34)9(21(15)36)6(3-45)30-48-24(39)27(42)51-30. The molecule has 0 saturated carbocycles. The summed E-state index contributed by atoms with van der Waals surface area (Å²) in [5, 5.41) is 12.8. The third-order valence-corrected chi connectivity index (χ3v) is 10.0. The fourth-order valence-electron chi connectivity index (χ4n) is 5.57. The van der Waals surface area contributed by atoms with Crippen molar-refractivity contribution in [1.82, 2.24) is 15.0 Å². The highest BCUT2D eigenvalue weighted by molar-refractivity contribution is 7.11. The van der Waals surface area contributed by atoms with Gasteiger partial charge < -0.3 is 0 Å². The Morgan fingerprint density at radius 2 is 0.569 bits per heavy atom. The first-order valence-corrected chi connectivity index (χ1v) is 15.5. The van der Waals surface area contributed by atoms with Crippen molar-refractivity contribution in [2.24, 2.45) is 0 Å². The van der Waals surface area contributed by atoms with E-state index in [4.69, 9.17) is 0 Å². The Labute approximate surface area is 283 Å². The van der Waals surface area contributed by atoms with Gasteiger partial charge in [-0.2, -0.15) is 42.1 Å². The summed E-state index contributed by atoms with van der Waals surface area (Å²) in [5.41, 5.74) is -8.39. The minimum Gasteiger partial charge on any atom is -0.205 e. The lowest BCUT2D eigenvalue weighted by molar-refractivity contribution is 0.503. The zero-order valence-corrected chi connectivity index (χ0v) is 25.9. The maximum atomic E-state index is 16.5. The highest BCUT2D eigenvalue weighted by atomic mass is 32.1. The van der Waals surface area contributed by atoms with Crippen LogP contribution >= 0.6 is 34.0 Å². The van der Waals surface area contributed by atoms with Gasteiger partial charge in [0.1, 0.15) is 84.9 Å². The van der Waals surface area contributed by atoms with Crippen LogP contribution in [0.3, 0.4) is 0 Å². The summed E-state index contributed by atoms with van der Waals surface area (Å²) in [6.45, 7) is 0. The average Bonchev–Trinajstić information content (AvgIpc) is 3.88. The van der Waals surface area contributed by atoms with Gasteiger partial charge in [0.25, 0.3) is 17.8 Å². The van der Waals surface area contributed by atoms with Crippen LogP contribution in [-0.2, 0) is 0 Å². The van der Waals surface area contributed by atoms with Gasteiger partial charge >= 0.3 is 0 Å². The Morgan fingerprint density at radius 3 is 0.706 bits per heavy atom. The molecule has 0 aliphatic heterocycles. The molecular formula is C30F12N6S3. The summed E-state index contributed by atoms with van der Waals surface area (Å²) in [6.07, 6.45) is 0. The van der Waals surface area contributed by atoms with Crippen molar-refractivity contribution in [1.29, 1.82) is 15.8 Å². The largest absolute Gasteiger partial charge is 0.260 e. The number of allylic oxidation sites excluding steroid dienone is 6. The molecule has 252 valence electrons. The Balaban J connectivity index is 1.80. The molecule has 0 amide bonds. The Bertz CT molecular complexity index is 2520. The van der Waals surface area contributed by atoms with E-state index in [0.29, 0.717) is 0 Å². The van der Waals surface area contributed by atoms with Gasteiger partial charge in [-0.1, -0.05) is 34.0 Å². The van der Waals surface area contributed by atoms with Crippen molar-refractivity contribution in [3.8, 4) is 18.2 Å². The van der Waals surface area contributed by atoms with E-state index in [2.05, 4.69) is 15.0 Å². The fraction of sp³-hybridized carbons (Fsp3) is 0. The number of rotatable bonds is 3. The molecular weight excluding hydrogens is 769 g/mol. The molecule has 0 atom stereocenters. The molecule has 0 unspecified atom stereocenters. The van der Waals surface area contributed by atoms with Gasteiger partial charge in [-0.05, 0) is 0 Å². The molecule has 0 spiro atoms. The molecule has 3 heterocycles. The van der Waals surface area contributed by atoms with Crippen molar-refractivity contribution < 1.29 is 52.7 Å². The van der Waals surface area contributed by atoms with Crippen molar-refractivity contribution in [3.63, 3.8) is 0 Å². The lowest BCUT2D eigenvalue weighted by Crippen LogP contribution is -2.64. The van der Waals surface area contributed by atoms with Crippen LogP contribution in [0.15, 0.2) is 16.7 Å². The molecule has 0 radical (unpaired) electrons. The normalized spacial score (nSPS) is 14.6. The Hall–Kier alpha value is -5.82. The number of halogens is 12. The summed E-state index contributed by atoms with van der Waals surface area (Å²) in [5.74, 6) is -17.5. The van der Waals surface area contributed by atoms with Crippen molar-refractivity contribution in [2.75, 3.05) is 0 Å². The van der Waals surface area contributed by atoms with E-state index in [9.17, 15) is 42.1 Å². The van der Waals surface area contributed by atoms with Crippen LogP contribution in [0.5, 0.6) is 0 Å². The Morgan fingerprint density at radius 1 is 0.373 bits per heavy atom. The average molecular weight is 769 g/mol. The second-order valence-corrected chi connectivity index (χ2v) is 12.8. The molecule has 0 bridgehead atoms.